The molecule has 1 aliphatic rings. The number of H-pyrrole nitrogens is 1. The Morgan fingerprint density at radius 2 is 2.08 bits per heavy atom. The number of halogens is 1. The Balaban J connectivity index is 1.69. The first-order valence-corrected chi connectivity index (χ1v) is 8.06. The van der Waals surface area contributed by atoms with Crippen molar-refractivity contribution in [1.82, 2.24) is 9.88 Å². The zero-order valence-electron chi connectivity index (χ0n) is 13.2. The quantitative estimate of drug-likeness (QED) is 0.893. The maximum absolute atomic E-state index is 12.6. The van der Waals surface area contributed by atoms with Crippen LogP contribution in [0.4, 0.5) is 5.69 Å². The number of aromatic nitrogens is 1. The van der Waals surface area contributed by atoms with E-state index in [0.29, 0.717) is 35.1 Å². The first kappa shape index (κ1) is 16.4. The molecule has 1 saturated heterocycles. The van der Waals surface area contributed by atoms with E-state index in [4.69, 9.17) is 16.3 Å². The molecule has 0 saturated carbocycles. The fourth-order valence-electron chi connectivity index (χ4n) is 2.83. The zero-order valence-corrected chi connectivity index (χ0v) is 14.0. The zero-order chi connectivity index (χ0) is 17.1. The smallest absolute Gasteiger partial charge is 0.270 e. The van der Waals surface area contributed by atoms with Crippen LogP contribution in [0.2, 0.25) is 5.02 Å². The van der Waals surface area contributed by atoms with Gasteiger partial charge in [0.05, 0.1) is 12.1 Å². The van der Waals surface area contributed by atoms with Gasteiger partial charge in [-0.25, -0.2) is 0 Å². The number of carbonyl (C=O) groups excluding carboxylic acids is 2. The number of benzene rings is 1. The monoisotopic (exact) mass is 347 g/mol. The van der Waals surface area contributed by atoms with Gasteiger partial charge in [0.1, 0.15) is 17.5 Å². The molecule has 1 aromatic heterocycles. The van der Waals surface area contributed by atoms with Gasteiger partial charge in [-0.15, -0.1) is 0 Å². The molecule has 2 heterocycles. The van der Waals surface area contributed by atoms with E-state index in [-0.39, 0.29) is 11.8 Å². The molecule has 126 valence electrons. The van der Waals surface area contributed by atoms with Gasteiger partial charge in [0.15, 0.2) is 0 Å². The Labute approximate surface area is 144 Å². The normalized spacial score (nSPS) is 16.9. The fourth-order valence-corrected chi connectivity index (χ4v) is 2.99. The highest BCUT2D eigenvalue weighted by atomic mass is 35.5. The fraction of sp³-hybridized carbons (Fsp3) is 0.294. The van der Waals surface area contributed by atoms with E-state index >= 15 is 0 Å². The van der Waals surface area contributed by atoms with Gasteiger partial charge in [-0.05, 0) is 43.2 Å². The minimum atomic E-state index is -0.485. The average Bonchev–Trinajstić information content (AvgIpc) is 3.24. The van der Waals surface area contributed by atoms with Crippen LogP contribution >= 0.6 is 11.6 Å². The summed E-state index contributed by atoms with van der Waals surface area (Å²) in [5.41, 5.74) is 1.06. The standard InChI is InChI=1S/C17H18ClN3O3/c1-24-13-6-4-12(5-7-13)20-16(22)15-3-2-8-21(15)17(23)14-9-11(18)10-19-14/h4-7,9-10,15,19H,2-3,8H2,1H3,(H,20,22)/t15-/m1/s1. The van der Waals surface area contributed by atoms with Crippen molar-refractivity contribution in [3.05, 3.63) is 47.2 Å². The van der Waals surface area contributed by atoms with E-state index in [2.05, 4.69) is 10.3 Å². The van der Waals surface area contributed by atoms with Crippen LogP contribution in [-0.2, 0) is 4.79 Å². The van der Waals surface area contributed by atoms with Crippen molar-refractivity contribution in [2.45, 2.75) is 18.9 Å². The first-order valence-electron chi connectivity index (χ1n) is 7.68. The Kier molecular flexibility index (Phi) is 4.76. The molecule has 24 heavy (non-hydrogen) atoms. The first-order chi connectivity index (χ1) is 11.6. The van der Waals surface area contributed by atoms with Crippen LogP contribution in [0.5, 0.6) is 5.75 Å². The van der Waals surface area contributed by atoms with Crippen molar-refractivity contribution in [3.8, 4) is 5.75 Å². The molecule has 3 rings (SSSR count). The lowest BCUT2D eigenvalue weighted by Crippen LogP contribution is -2.43. The van der Waals surface area contributed by atoms with Crippen LogP contribution in [-0.4, -0.2) is 41.4 Å². The van der Waals surface area contributed by atoms with Crippen molar-refractivity contribution in [3.63, 3.8) is 0 Å². The van der Waals surface area contributed by atoms with Gasteiger partial charge in [0.2, 0.25) is 5.91 Å². The van der Waals surface area contributed by atoms with Crippen LogP contribution in [0.1, 0.15) is 23.3 Å². The largest absolute Gasteiger partial charge is 0.497 e. The SMILES string of the molecule is COc1ccc(NC(=O)[C@H]2CCCN2C(=O)c2cc(Cl)c[nH]2)cc1. The highest BCUT2D eigenvalue weighted by Gasteiger charge is 2.35. The number of ether oxygens (including phenoxy) is 1. The van der Waals surface area contributed by atoms with Crippen LogP contribution in [0.3, 0.4) is 0 Å². The summed E-state index contributed by atoms with van der Waals surface area (Å²) in [5, 5.41) is 3.32. The summed E-state index contributed by atoms with van der Waals surface area (Å²) in [5.74, 6) is 0.312. The number of nitrogens with zero attached hydrogens (tertiary/aromatic N) is 1. The van der Waals surface area contributed by atoms with Crippen LogP contribution in [0, 0.1) is 0 Å². The Morgan fingerprint density at radius 3 is 2.71 bits per heavy atom. The lowest BCUT2D eigenvalue weighted by molar-refractivity contribution is -0.119. The van der Waals surface area contributed by atoms with E-state index in [1.165, 1.54) is 0 Å². The number of amides is 2. The number of hydrogen-bond donors (Lipinski definition) is 2. The molecule has 0 spiro atoms. The molecule has 0 aliphatic carbocycles. The van der Waals surface area contributed by atoms with Gasteiger partial charge >= 0.3 is 0 Å². The number of nitrogens with one attached hydrogen (secondary N) is 2. The molecule has 2 N–H and O–H groups in total. The Morgan fingerprint density at radius 1 is 1.33 bits per heavy atom. The molecular weight excluding hydrogens is 330 g/mol. The van der Waals surface area contributed by atoms with E-state index in [9.17, 15) is 9.59 Å². The number of aromatic amines is 1. The summed E-state index contributed by atoms with van der Waals surface area (Å²) in [6, 6.07) is 8.16. The van der Waals surface area contributed by atoms with Gasteiger partial charge in [0.25, 0.3) is 5.91 Å². The second kappa shape index (κ2) is 6.97. The minimum absolute atomic E-state index is 0.191. The number of likely N-dealkylation sites (tertiary alicyclic amines) is 1. The predicted octanol–water partition coefficient (Wildman–Crippen LogP) is 2.92. The lowest BCUT2D eigenvalue weighted by Gasteiger charge is -2.23. The number of hydrogen-bond acceptors (Lipinski definition) is 3. The summed E-state index contributed by atoms with van der Waals surface area (Å²) in [4.78, 5) is 29.5. The third-order valence-electron chi connectivity index (χ3n) is 4.05. The van der Waals surface area contributed by atoms with E-state index < -0.39 is 6.04 Å². The molecule has 0 bridgehead atoms. The molecule has 7 heteroatoms. The van der Waals surface area contributed by atoms with E-state index in [1.54, 1.807) is 48.5 Å². The molecule has 2 amide bonds. The minimum Gasteiger partial charge on any atom is -0.497 e. The van der Waals surface area contributed by atoms with Gasteiger partial charge in [-0.3, -0.25) is 9.59 Å². The summed E-state index contributed by atoms with van der Waals surface area (Å²) in [6.45, 7) is 0.552. The van der Waals surface area contributed by atoms with Gasteiger partial charge in [-0.1, -0.05) is 11.6 Å². The maximum Gasteiger partial charge on any atom is 0.270 e. The van der Waals surface area contributed by atoms with Crippen LogP contribution in [0.25, 0.3) is 0 Å². The van der Waals surface area contributed by atoms with Crippen molar-refractivity contribution in [2.24, 2.45) is 0 Å². The number of carbonyl (C=O) groups is 2. The lowest BCUT2D eigenvalue weighted by atomic mass is 10.2. The number of rotatable bonds is 4. The molecule has 1 aliphatic heterocycles. The van der Waals surface area contributed by atoms with E-state index in [1.807, 2.05) is 0 Å². The van der Waals surface area contributed by atoms with Crippen molar-refractivity contribution >= 4 is 29.1 Å². The molecule has 0 radical (unpaired) electrons. The third-order valence-corrected chi connectivity index (χ3v) is 4.27. The molecule has 1 aromatic carbocycles. The topological polar surface area (TPSA) is 74.4 Å². The highest BCUT2D eigenvalue weighted by molar-refractivity contribution is 6.31. The molecule has 1 fully saturated rings. The van der Waals surface area contributed by atoms with Crippen molar-refractivity contribution < 1.29 is 14.3 Å². The van der Waals surface area contributed by atoms with E-state index in [0.717, 1.165) is 6.42 Å². The molecule has 6 nitrogen and oxygen atoms in total. The molecule has 1 atom stereocenters. The van der Waals surface area contributed by atoms with Crippen LogP contribution < -0.4 is 10.1 Å². The summed E-state index contributed by atoms with van der Waals surface area (Å²) >= 11 is 5.85. The van der Waals surface area contributed by atoms with Gasteiger partial charge < -0.3 is 19.9 Å². The number of methoxy groups -OCH3 is 1. The second-order valence-corrected chi connectivity index (χ2v) is 6.04. The van der Waals surface area contributed by atoms with Gasteiger partial charge in [-0.2, -0.15) is 0 Å². The van der Waals surface area contributed by atoms with Gasteiger partial charge in [0, 0.05) is 18.4 Å². The Hall–Kier alpha value is -2.47. The maximum atomic E-state index is 12.6. The number of anilines is 1. The predicted molar refractivity (Wildman–Crippen MR) is 91.5 cm³/mol. The average molecular weight is 348 g/mol. The van der Waals surface area contributed by atoms with Crippen molar-refractivity contribution in [1.29, 1.82) is 0 Å². The molecule has 0 unspecified atom stereocenters. The van der Waals surface area contributed by atoms with Crippen LogP contribution in [0.15, 0.2) is 36.5 Å². The highest BCUT2D eigenvalue weighted by Crippen LogP contribution is 2.23. The summed E-state index contributed by atoms with van der Waals surface area (Å²) < 4.78 is 5.09. The Bertz CT molecular complexity index is 742. The van der Waals surface area contributed by atoms with Crippen molar-refractivity contribution in [2.75, 3.05) is 19.0 Å². The molecule has 2 aromatic rings. The summed E-state index contributed by atoms with van der Waals surface area (Å²) in [7, 11) is 1.59. The second-order valence-electron chi connectivity index (χ2n) is 5.61. The summed E-state index contributed by atoms with van der Waals surface area (Å²) in [6.07, 6.45) is 2.99. The molecular formula is C17H18ClN3O3. The third kappa shape index (κ3) is 3.38.